The number of ether oxygens (including phenoxy) is 12. The summed E-state index contributed by atoms with van der Waals surface area (Å²) in [5, 5.41) is 16.3. The fraction of sp³-hybridized carbons (Fsp3) is 0.694. The van der Waals surface area contributed by atoms with E-state index in [-0.39, 0.29) is 43.9 Å². The molecule has 2 aromatic carbocycles. The highest BCUT2D eigenvalue weighted by Crippen LogP contribution is 2.42. The zero-order valence-electron chi connectivity index (χ0n) is 42.2. The quantitative estimate of drug-likeness (QED) is 0.0261. The third-order valence-electron chi connectivity index (χ3n) is 13.9. The number of hydrogen-bond acceptors (Lipinski definition) is 17. The van der Waals surface area contributed by atoms with Crippen molar-refractivity contribution < 1.29 is 66.4 Å². The molecular weight excluding hydrogens is 1020 g/mol. The summed E-state index contributed by atoms with van der Waals surface area (Å²) in [4.78, 5) is 30.6. The van der Waals surface area contributed by atoms with Gasteiger partial charge in [-0.15, -0.1) is 0 Å². The maximum atomic E-state index is 12.3. The number of nitrogens with one attached hydrogen (secondary N) is 1. The van der Waals surface area contributed by atoms with Crippen molar-refractivity contribution >= 4 is 52.6 Å². The molecule has 0 radical (unpaired) electrons. The Hall–Kier alpha value is -4.02. The van der Waals surface area contributed by atoms with Gasteiger partial charge in [0.25, 0.3) is 3.79 Å². The van der Waals surface area contributed by atoms with Gasteiger partial charge in [0.15, 0.2) is 18.9 Å². The molecule has 1 N–H and O–H groups in total. The van der Waals surface area contributed by atoms with E-state index in [4.69, 9.17) is 97.1 Å². The first-order chi connectivity index (χ1) is 34.7. The predicted molar refractivity (Wildman–Crippen MR) is 265 cm³/mol. The molecule has 0 aliphatic carbocycles. The lowest BCUT2D eigenvalue weighted by atomic mass is 9.85. The number of rotatable bonds is 19. The van der Waals surface area contributed by atoms with E-state index in [9.17, 15) is 20.7 Å². The van der Waals surface area contributed by atoms with E-state index in [1.807, 2.05) is 88.4 Å². The van der Waals surface area contributed by atoms with Gasteiger partial charge in [-0.2, -0.15) is 0 Å². The van der Waals surface area contributed by atoms with Crippen LogP contribution in [0.15, 0.2) is 70.9 Å². The Labute approximate surface area is 440 Å². The second-order valence-electron chi connectivity index (χ2n) is 19.1. The number of carbonyl (C=O) groups excluding carboxylic acids is 2. The lowest BCUT2D eigenvalue weighted by Gasteiger charge is -2.51. The van der Waals surface area contributed by atoms with E-state index in [0.29, 0.717) is 6.61 Å². The van der Waals surface area contributed by atoms with E-state index < -0.39 is 119 Å². The molecule has 2 aromatic rings. The first-order valence-electron chi connectivity index (χ1n) is 24.3. The van der Waals surface area contributed by atoms with Gasteiger partial charge in [-0.05, 0) is 47.9 Å². The molecule has 0 spiro atoms. The number of nitrogens with zero attached hydrogens (tertiary/aromatic N) is 6. The lowest BCUT2D eigenvalue weighted by molar-refractivity contribution is -0.360. The molecule has 4 aliphatic rings. The second-order valence-corrected chi connectivity index (χ2v) is 21.3. The van der Waals surface area contributed by atoms with Gasteiger partial charge < -0.3 is 56.8 Å². The number of carbonyl (C=O) groups is 2. The van der Waals surface area contributed by atoms with Crippen LogP contribution in [0.1, 0.15) is 73.4 Å². The maximum absolute atomic E-state index is 12.3. The Balaban J connectivity index is 1.27. The zero-order chi connectivity index (χ0) is 53.1. The van der Waals surface area contributed by atoms with Crippen molar-refractivity contribution in [2.45, 2.75) is 171 Å². The number of benzene rings is 2. The fourth-order valence-electron chi connectivity index (χ4n) is 9.69. The highest BCUT2D eigenvalue weighted by molar-refractivity contribution is 6.76. The summed E-state index contributed by atoms with van der Waals surface area (Å²) in [6.07, 6.45) is -11.4. The minimum absolute atomic E-state index is 0.0216. The van der Waals surface area contributed by atoms with Gasteiger partial charge in [-0.25, -0.2) is 0 Å². The average Bonchev–Trinajstić information content (AvgIpc) is 3.34. The maximum Gasteiger partial charge on any atom is 0.302 e. The molecule has 0 aromatic heterocycles. The number of halogens is 3. The van der Waals surface area contributed by atoms with E-state index in [1.165, 1.54) is 13.8 Å². The molecule has 4 aliphatic heterocycles. The van der Waals surface area contributed by atoms with Crippen molar-refractivity contribution in [3.63, 3.8) is 0 Å². The molecule has 20 atom stereocenters. The smallest absolute Gasteiger partial charge is 0.302 e. The number of hydrogen-bond donors (Lipinski definition) is 1. The number of esters is 2. The van der Waals surface area contributed by atoms with Crippen LogP contribution in [-0.2, 0) is 79.6 Å². The van der Waals surface area contributed by atoms with E-state index in [2.05, 4.69) is 27.0 Å². The molecule has 0 saturated carbocycles. The van der Waals surface area contributed by atoms with Gasteiger partial charge in [0.2, 0.25) is 12.2 Å². The van der Waals surface area contributed by atoms with Crippen molar-refractivity contribution in [3.05, 3.63) is 92.7 Å². The Kier molecular flexibility index (Phi) is 21.3. The summed E-state index contributed by atoms with van der Waals surface area (Å²) in [6, 6.07) is 17.2. The molecule has 9 unspecified atom stereocenters. The van der Waals surface area contributed by atoms with Crippen LogP contribution in [0.5, 0.6) is 0 Å². The first kappa shape index (κ1) is 58.2. The summed E-state index contributed by atoms with van der Waals surface area (Å²) in [5.41, 5.74) is 21.5. The molecule has 4 fully saturated rings. The van der Waals surface area contributed by atoms with Crippen LogP contribution >= 0.6 is 34.8 Å². The minimum atomic E-state index is -2.27. The lowest BCUT2D eigenvalue weighted by Crippen LogP contribution is -2.63. The number of azide groups is 2. The third-order valence-corrected chi connectivity index (χ3v) is 14.4. The van der Waals surface area contributed by atoms with Gasteiger partial charge in [0, 0.05) is 41.4 Å². The normalized spacial score (nSPS) is 36.7. The van der Waals surface area contributed by atoms with Crippen LogP contribution in [0.25, 0.3) is 20.9 Å². The summed E-state index contributed by atoms with van der Waals surface area (Å²) < 4.78 is 74.0. The summed E-state index contributed by atoms with van der Waals surface area (Å²) in [5.74, 6) is -4.18. The van der Waals surface area contributed by atoms with Gasteiger partial charge in [0.1, 0.15) is 37.6 Å². The SMILES string of the molecule is CC(=O)OCC1OC(OC(=N)C(Cl)(Cl)Cl)C(N=[N+]=[N-])[C@@H](C)[C@H]1O[C@@H]1OC(C)[C@H](O[C@@H]2OC(COC(C)=O)[C@H](O[C@@H]3OC(C)[C@H](C)[C@@H](OCc4ccccc4)C3C)[C@H](C)C2N=[N+]=[N-])[C@@H](OCc2ccccc2)C1C. The van der Waals surface area contributed by atoms with E-state index in [0.717, 1.165) is 11.1 Å². The molecule has 24 heteroatoms. The third kappa shape index (κ3) is 15.1. The van der Waals surface area contributed by atoms with Gasteiger partial charge in [-0.1, -0.05) is 140 Å². The molecule has 6 rings (SSSR count). The Morgan fingerprint density at radius 1 is 0.575 bits per heavy atom. The molecule has 73 heavy (non-hydrogen) atoms. The first-order valence-corrected chi connectivity index (χ1v) is 25.4. The molecular formula is C49H66Cl3N7O14. The van der Waals surface area contributed by atoms with Crippen molar-refractivity contribution in [1.29, 1.82) is 5.41 Å². The number of alkyl halides is 3. The van der Waals surface area contributed by atoms with Crippen molar-refractivity contribution in [2.75, 3.05) is 13.2 Å². The molecule has 4 saturated heterocycles. The van der Waals surface area contributed by atoms with Gasteiger partial charge in [0.05, 0.1) is 55.9 Å². The topological polar surface area (TPSA) is 266 Å². The molecule has 402 valence electrons. The monoisotopic (exact) mass is 1080 g/mol. The molecule has 0 amide bonds. The molecule has 4 heterocycles. The van der Waals surface area contributed by atoms with Gasteiger partial charge in [-0.3, -0.25) is 15.0 Å². The minimum Gasteiger partial charge on any atom is -0.463 e. The Morgan fingerprint density at radius 3 is 1.47 bits per heavy atom. The second kappa shape index (κ2) is 26.6. The van der Waals surface area contributed by atoms with E-state index >= 15 is 0 Å². The van der Waals surface area contributed by atoms with Crippen LogP contribution in [0, 0.1) is 35.0 Å². The molecule has 0 bridgehead atoms. The van der Waals surface area contributed by atoms with Gasteiger partial charge >= 0.3 is 11.9 Å². The highest BCUT2D eigenvalue weighted by Gasteiger charge is 2.54. The van der Waals surface area contributed by atoms with Crippen LogP contribution in [-0.4, -0.2) is 127 Å². The van der Waals surface area contributed by atoms with E-state index in [1.54, 1.807) is 13.8 Å². The van der Waals surface area contributed by atoms with Crippen LogP contribution in [0.2, 0.25) is 0 Å². The summed E-state index contributed by atoms with van der Waals surface area (Å²) in [7, 11) is 0. The Morgan fingerprint density at radius 2 is 1.00 bits per heavy atom. The summed E-state index contributed by atoms with van der Waals surface area (Å²) in [6.45, 7) is 15.7. The standard InChI is InChI=1S/C49H66Cl3N7O14/c1-24-29(6)66-44(27(4)39(24)64-20-33-16-12-10-13-17-33)70-40-25(2)37(56-58-54)46(68-35(40)22-62-31(8)60)72-43-30(7)67-45(28(5)42(43)65-21-34-18-14-11-15-19-34)71-41-26(3)38(57-59-55)47(73-48(53)49(50,51)52)69-36(41)23-63-32(9)61/h10-19,24-30,35-47,53H,20-23H2,1-9H3/t24-,25+,26+,27?,28?,29?,30?,35?,36?,37?,38?,39+,40+,41+,42-,43-,44-,45-,46-,47?/m0/s1. The predicted octanol–water partition coefficient (Wildman–Crippen LogP) is 9.28. The van der Waals surface area contributed by atoms with Crippen molar-refractivity contribution in [1.82, 2.24) is 0 Å². The zero-order valence-corrected chi connectivity index (χ0v) is 44.4. The van der Waals surface area contributed by atoms with Crippen molar-refractivity contribution in [3.8, 4) is 0 Å². The summed E-state index contributed by atoms with van der Waals surface area (Å²) >= 11 is 17.8. The van der Waals surface area contributed by atoms with Crippen LogP contribution in [0.3, 0.4) is 0 Å². The fourth-order valence-corrected chi connectivity index (χ4v) is 9.82. The van der Waals surface area contributed by atoms with Crippen LogP contribution in [0.4, 0.5) is 0 Å². The van der Waals surface area contributed by atoms with Crippen LogP contribution < -0.4 is 0 Å². The largest absolute Gasteiger partial charge is 0.463 e. The highest BCUT2D eigenvalue weighted by atomic mass is 35.6. The average molecular weight is 1080 g/mol. The van der Waals surface area contributed by atoms with Crippen molar-refractivity contribution in [2.24, 2.45) is 39.8 Å². The molecule has 21 nitrogen and oxygen atoms in total. The Bertz CT molecular complexity index is 2230.